The molecule has 4 rings (SSSR count). The van der Waals surface area contributed by atoms with E-state index in [0.29, 0.717) is 29.9 Å². The number of nitrogens with zero attached hydrogens (tertiary/aromatic N) is 3. The molecule has 0 saturated carbocycles. The summed E-state index contributed by atoms with van der Waals surface area (Å²) >= 11 is 7.57. The lowest BCUT2D eigenvalue weighted by molar-refractivity contribution is -0.145. The van der Waals surface area contributed by atoms with Gasteiger partial charge in [-0.15, -0.1) is 11.3 Å². The molecule has 34 heavy (non-hydrogen) atoms. The molecule has 1 N–H and O–H groups in total. The van der Waals surface area contributed by atoms with Crippen molar-refractivity contribution in [2.24, 2.45) is 0 Å². The molecule has 0 amide bonds. The summed E-state index contributed by atoms with van der Waals surface area (Å²) in [6.07, 6.45) is -8.07. The van der Waals surface area contributed by atoms with Gasteiger partial charge in [-0.05, 0) is 30.2 Å². The topological polar surface area (TPSA) is 59.9 Å². The predicted octanol–water partition coefficient (Wildman–Crippen LogP) is 7.22. The minimum Gasteiger partial charge on any atom is -0.439 e. The molecule has 0 unspecified atom stereocenters. The lowest BCUT2D eigenvalue weighted by Gasteiger charge is -2.14. The third kappa shape index (κ3) is 5.50. The zero-order valence-electron chi connectivity index (χ0n) is 16.8. The lowest BCUT2D eigenvalue weighted by atomic mass is 10.1. The summed E-state index contributed by atoms with van der Waals surface area (Å²) in [5, 5.41) is 6.21. The molecule has 0 saturated heterocycles. The van der Waals surface area contributed by atoms with Crippen molar-refractivity contribution in [1.29, 1.82) is 0 Å². The third-order valence-corrected chi connectivity index (χ3v) is 5.91. The number of hydrogen-bond acceptors (Lipinski definition) is 6. The van der Waals surface area contributed by atoms with Gasteiger partial charge in [0, 0.05) is 18.0 Å². The van der Waals surface area contributed by atoms with Crippen LogP contribution in [0.1, 0.15) is 16.8 Å². The second-order valence-corrected chi connectivity index (χ2v) is 8.25. The van der Waals surface area contributed by atoms with E-state index in [4.69, 9.17) is 16.3 Å². The van der Waals surface area contributed by atoms with Gasteiger partial charge in [0.25, 0.3) is 0 Å². The zero-order chi connectivity index (χ0) is 24.5. The molecule has 178 valence electrons. The number of benzene rings is 1. The van der Waals surface area contributed by atoms with Gasteiger partial charge >= 0.3 is 12.4 Å². The van der Waals surface area contributed by atoms with E-state index in [9.17, 15) is 26.3 Å². The van der Waals surface area contributed by atoms with Crippen molar-refractivity contribution in [2.75, 3.05) is 11.9 Å². The number of thiophene rings is 1. The van der Waals surface area contributed by atoms with Crippen molar-refractivity contribution in [3.8, 4) is 11.6 Å². The highest BCUT2D eigenvalue weighted by Crippen LogP contribution is 2.37. The Kier molecular flexibility index (Phi) is 6.54. The molecule has 0 spiro atoms. The normalized spacial score (nSPS) is 12.2. The molecule has 0 fully saturated rings. The number of ether oxygens (including phenoxy) is 1. The Labute approximate surface area is 197 Å². The first-order chi connectivity index (χ1) is 16.0. The second-order valence-electron chi connectivity index (χ2n) is 6.98. The van der Waals surface area contributed by atoms with Crippen LogP contribution in [0.25, 0.3) is 10.2 Å². The van der Waals surface area contributed by atoms with Crippen LogP contribution in [0.4, 0.5) is 32.2 Å². The number of pyridine rings is 1. The summed E-state index contributed by atoms with van der Waals surface area (Å²) in [5.41, 5.74) is -2.35. The fraction of sp³-hybridized carbons (Fsp3) is 0.190. The van der Waals surface area contributed by atoms with E-state index in [1.165, 1.54) is 29.8 Å². The minimum absolute atomic E-state index is 0.0409. The van der Waals surface area contributed by atoms with Gasteiger partial charge in [0.05, 0.1) is 16.0 Å². The summed E-state index contributed by atoms with van der Waals surface area (Å²) in [6, 6.07) is 6.51. The number of anilines is 1. The minimum atomic E-state index is -5.06. The second kappa shape index (κ2) is 9.26. The average molecular weight is 519 g/mol. The molecular formula is C21H13ClF6N4OS. The Hall–Kier alpha value is -3.12. The van der Waals surface area contributed by atoms with Crippen molar-refractivity contribution in [2.45, 2.75) is 18.8 Å². The van der Waals surface area contributed by atoms with E-state index < -0.39 is 29.5 Å². The predicted molar refractivity (Wildman–Crippen MR) is 115 cm³/mol. The van der Waals surface area contributed by atoms with Gasteiger partial charge in [0.1, 0.15) is 28.4 Å². The molecule has 3 heterocycles. The van der Waals surface area contributed by atoms with Crippen LogP contribution in [0.3, 0.4) is 0 Å². The van der Waals surface area contributed by atoms with Gasteiger partial charge < -0.3 is 10.1 Å². The highest BCUT2D eigenvalue weighted by atomic mass is 35.5. The maximum atomic E-state index is 13.0. The molecular weight excluding hydrogens is 506 g/mol. The van der Waals surface area contributed by atoms with E-state index >= 15 is 0 Å². The SMILES string of the molecule is FC(F)(F)c1cc(Oc2ccc(CCNc3ncnc4scc(Cl)c34)cc2)nc(C(F)(F)F)c1. The molecule has 0 atom stereocenters. The van der Waals surface area contributed by atoms with Crippen molar-refractivity contribution >= 4 is 39.0 Å². The van der Waals surface area contributed by atoms with E-state index in [2.05, 4.69) is 20.3 Å². The first kappa shape index (κ1) is 24.0. The first-order valence-corrected chi connectivity index (χ1v) is 10.8. The summed E-state index contributed by atoms with van der Waals surface area (Å²) in [5.74, 6) is -0.177. The molecule has 1 aromatic carbocycles. The van der Waals surface area contributed by atoms with Crippen LogP contribution in [-0.4, -0.2) is 21.5 Å². The molecule has 4 aromatic rings. The van der Waals surface area contributed by atoms with Crippen molar-refractivity contribution in [3.05, 3.63) is 69.9 Å². The number of alkyl halides is 6. The van der Waals surface area contributed by atoms with E-state index in [1.54, 1.807) is 17.5 Å². The number of rotatable bonds is 6. The molecule has 0 radical (unpaired) electrons. The van der Waals surface area contributed by atoms with E-state index in [-0.39, 0.29) is 11.8 Å². The summed E-state index contributed by atoms with van der Waals surface area (Å²) in [7, 11) is 0. The number of fused-ring (bicyclic) bond motifs is 1. The van der Waals surface area contributed by atoms with Gasteiger partial charge in [-0.25, -0.2) is 15.0 Å². The highest BCUT2D eigenvalue weighted by molar-refractivity contribution is 7.17. The summed E-state index contributed by atoms with van der Waals surface area (Å²) in [4.78, 5) is 12.3. The molecule has 5 nitrogen and oxygen atoms in total. The average Bonchev–Trinajstić information content (AvgIpc) is 3.15. The standard InChI is InChI=1S/C21H13ClF6N4OS/c22-14-9-34-19-17(14)18(30-10-31-19)29-6-5-11-1-3-13(4-2-11)33-16-8-12(20(23,24)25)7-15(32-16)21(26,27)28/h1-4,7-10H,5-6H2,(H,29,30,31). The molecule has 0 aliphatic carbocycles. The fourth-order valence-corrected chi connectivity index (χ4v) is 4.15. The lowest BCUT2D eigenvalue weighted by Crippen LogP contribution is -2.13. The monoisotopic (exact) mass is 518 g/mol. The molecule has 0 bridgehead atoms. The van der Waals surface area contributed by atoms with Crippen LogP contribution in [0.2, 0.25) is 5.02 Å². The number of halogens is 7. The molecule has 0 aliphatic heterocycles. The largest absolute Gasteiger partial charge is 0.439 e. The smallest absolute Gasteiger partial charge is 0.433 e. The van der Waals surface area contributed by atoms with Crippen LogP contribution < -0.4 is 10.1 Å². The number of nitrogens with one attached hydrogen (secondary N) is 1. The van der Waals surface area contributed by atoms with Crippen LogP contribution >= 0.6 is 22.9 Å². The van der Waals surface area contributed by atoms with Crippen molar-refractivity contribution in [3.63, 3.8) is 0 Å². The summed E-state index contributed by atoms with van der Waals surface area (Å²) in [6.45, 7) is 0.489. The van der Waals surface area contributed by atoms with Crippen LogP contribution in [-0.2, 0) is 18.8 Å². The van der Waals surface area contributed by atoms with E-state index in [0.717, 1.165) is 15.8 Å². The zero-order valence-corrected chi connectivity index (χ0v) is 18.4. The van der Waals surface area contributed by atoms with Gasteiger partial charge in [-0.2, -0.15) is 26.3 Å². The van der Waals surface area contributed by atoms with Crippen LogP contribution in [0.5, 0.6) is 11.6 Å². The molecule has 3 aromatic heterocycles. The summed E-state index contributed by atoms with van der Waals surface area (Å²) < 4.78 is 83.0. The van der Waals surface area contributed by atoms with E-state index in [1.807, 2.05) is 0 Å². The third-order valence-electron chi connectivity index (χ3n) is 4.60. The maximum Gasteiger partial charge on any atom is 0.433 e. The highest BCUT2D eigenvalue weighted by Gasteiger charge is 2.38. The first-order valence-electron chi connectivity index (χ1n) is 9.55. The van der Waals surface area contributed by atoms with Gasteiger partial charge in [0.2, 0.25) is 5.88 Å². The number of hydrogen-bond donors (Lipinski definition) is 1. The van der Waals surface area contributed by atoms with Gasteiger partial charge in [0.15, 0.2) is 0 Å². The van der Waals surface area contributed by atoms with Gasteiger partial charge in [-0.1, -0.05) is 23.7 Å². The van der Waals surface area contributed by atoms with Crippen LogP contribution in [0, 0.1) is 0 Å². The Morgan fingerprint density at radius 3 is 2.38 bits per heavy atom. The maximum absolute atomic E-state index is 13.0. The molecule has 13 heteroatoms. The van der Waals surface area contributed by atoms with Gasteiger partial charge in [-0.3, -0.25) is 0 Å². The van der Waals surface area contributed by atoms with Crippen molar-refractivity contribution < 1.29 is 31.1 Å². The fourth-order valence-electron chi connectivity index (χ4n) is 3.01. The molecule has 0 aliphatic rings. The Morgan fingerprint density at radius 1 is 0.971 bits per heavy atom. The Balaban J connectivity index is 1.43. The van der Waals surface area contributed by atoms with Crippen LogP contribution in [0.15, 0.2) is 48.1 Å². The Morgan fingerprint density at radius 2 is 1.71 bits per heavy atom. The quantitative estimate of drug-likeness (QED) is 0.273. The number of aromatic nitrogens is 3. The Bertz CT molecular complexity index is 1280. The van der Waals surface area contributed by atoms with Crippen molar-refractivity contribution in [1.82, 2.24) is 15.0 Å².